The minimum absolute atomic E-state index is 0.0641. The maximum atomic E-state index is 12.3. The Balaban J connectivity index is 1.38. The van der Waals surface area contributed by atoms with Gasteiger partial charge in [0.25, 0.3) is 0 Å². The standard InChI is InChI=1S/C26H35N7O2S/c1-18-5-6-19(16-28-18)23-29-21-15-20(36-22(21)24(30-23)32-11-13-35-14-12-32)17-31-7-9-33(10-8-31)26(2,3)25(34)27-4/h5-6,15-16H,7-14,17H2,1-4H3,(H,27,34). The average molecular weight is 510 g/mol. The Labute approximate surface area is 216 Å². The van der Waals surface area contributed by atoms with Crippen molar-refractivity contribution in [2.75, 3.05) is 64.4 Å². The van der Waals surface area contributed by atoms with Crippen LogP contribution in [0.4, 0.5) is 5.82 Å². The first-order valence-electron chi connectivity index (χ1n) is 12.6. The van der Waals surface area contributed by atoms with E-state index in [1.165, 1.54) is 4.88 Å². The minimum atomic E-state index is -0.498. The number of aromatic nitrogens is 3. The zero-order chi connectivity index (χ0) is 25.3. The lowest BCUT2D eigenvalue weighted by atomic mass is 10.0. The summed E-state index contributed by atoms with van der Waals surface area (Å²) in [4.78, 5) is 35.1. The number of nitrogens with one attached hydrogen (secondary N) is 1. The largest absolute Gasteiger partial charge is 0.378 e. The number of aryl methyl sites for hydroxylation is 1. The van der Waals surface area contributed by atoms with Crippen LogP contribution in [0.3, 0.4) is 0 Å². The first-order valence-corrected chi connectivity index (χ1v) is 13.4. The van der Waals surface area contributed by atoms with Crippen LogP contribution in [-0.4, -0.2) is 95.7 Å². The third-order valence-electron chi connectivity index (χ3n) is 7.21. The van der Waals surface area contributed by atoms with Crippen LogP contribution in [0.15, 0.2) is 24.4 Å². The van der Waals surface area contributed by atoms with Crippen molar-refractivity contribution in [2.24, 2.45) is 0 Å². The number of likely N-dealkylation sites (N-methyl/N-ethyl adjacent to an activating group) is 1. The molecule has 0 atom stereocenters. The van der Waals surface area contributed by atoms with E-state index in [1.54, 1.807) is 18.4 Å². The van der Waals surface area contributed by atoms with Gasteiger partial charge in [0.2, 0.25) is 5.91 Å². The molecule has 1 amide bonds. The molecule has 0 bridgehead atoms. The molecular formula is C26H35N7O2S. The number of carbonyl (C=O) groups excluding carboxylic acids is 1. The predicted molar refractivity (Wildman–Crippen MR) is 143 cm³/mol. The van der Waals surface area contributed by atoms with Crippen molar-refractivity contribution in [3.8, 4) is 11.4 Å². The Morgan fingerprint density at radius 3 is 2.53 bits per heavy atom. The van der Waals surface area contributed by atoms with Crippen molar-refractivity contribution in [3.05, 3.63) is 35.0 Å². The topological polar surface area (TPSA) is 86.7 Å². The summed E-state index contributed by atoms with van der Waals surface area (Å²) in [6.45, 7) is 13.5. The lowest BCUT2D eigenvalue weighted by molar-refractivity contribution is -0.132. The molecule has 2 fully saturated rings. The molecule has 3 aromatic rings. The number of carbonyl (C=O) groups is 1. The van der Waals surface area contributed by atoms with E-state index < -0.39 is 5.54 Å². The molecule has 1 N–H and O–H groups in total. The van der Waals surface area contributed by atoms with Gasteiger partial charge in [-0.2, -0.15) is 0 Å². The number of anilines is 1. The molecule has 36 heavy (non-hydrogen) atoms. The summed E-state index contributed by atoms with van der Waals surface area (Å²) in [6, 6.07) is 6.26. The van der Waals surface area contributed by atoms with Crippen LogP contribution < -0.4 is 10.2 Å². The minimum Gasteiger partial charge on any atom is -0.378 e. The number of pyridine rings is 1. The quantitative estimate of drug-likeness (QED) is 0.543. The van der Waals surface area contributed by atoms with Gasteiger partial charge in [-0.05, 0) is 39.0 Å². The van der Waals surface area contributed by atoms with Gasteiger partial charge in [-0.3, -0.25) is 19.6 Å². The van der Waals surface area contributed by atoms with Crippen LogP contribution in [-0.2, 0) is 16.1 Å². The summed E-state index contributed by atoms with van der Waals surface area (Å²) in [7, 11) is 1.70. The average Bonchev–Trinajstić information content (AvgIpc) is 3.31. The zero-order valence-electron chi connectivity index (χ0n) is 21.6. The number of morpholine rings is 1. The van der Waals surface area contributed by atoms with Crippen molar-refractivity contribution in [3.63, 3.8) is 0 Å². The van der Waals surface area contributed by atoms with Crippen molar-refractivity contribution < 1.29 is 9.53 Å². The molecule has 0 aromatic carbocycles. The van der Waals surface area contributed by atoms with Crippen LogP contribution in [0.2, 0.25) is 0 Å². The van der Waals surface area contributed by atoms with Crippen LogP contribution in [0, 0.1) is 6.92 Å². The molecule has 192 valence electrons. The summed E-state index contributed by atoms with van der Waals surface area (Å²) < 4.78 is 6.73. The van der Waals surface area contributed by atoms with E-state index in [0.717, 1.165) is 73.1 Å². The SMILES string of the molecule is CNC(=O)C(C)(C)N1CCN(Cc2cc3nc(-c4ccc(C)nc4)nc(N4CCOCC4)c3s2)CC1. The number of nitrogens with zero attached hydrogens (tertiary/aromatic N) is 6. The molecule has 5 heterocycles. The van der Waals surface area contributed by atoms with Gasteiger partial charge in [0, 0.05) is 75.2 Å². The third-order valence-corrected chi connectivity index (χ3v) is 8.31. The van der Waals surface area contributed by atoms with Crippen LogP contribution >= 0.6 is 11.3 Å². The highest BCUT2D eigenvalue weighted by Crippen LogP contribution is 2.35. The monoisotopic (exact) mass is 509 g/mol. The fraction of sp³-hybridized carbons (Fsp3) is 0.538. The molecule has 5 rings (SSSR count). The van der Waals surface area contributed by atoms with Gasteiger partial charge in [-0.25, -0.2) is 9.97 Å². The number of hydrogen-bond acceptors (Lipinski definition) is 9. The van der Waals surface area contributed by atoms with E-state index >= 15 is 0 Å². The van der Waals surface area contributed by atoms with Gasteiger partial charge < -0.3 is 15.0 Å². The molecule has 0 saturated carbocycles. The Kier molecular flexibility index (Phi) is 7.21. The number of rotatable bonds is 6. The predicted octanol–water partition coefficient (Wildman–Crippen LogP) is 2.54. The molecule has 9 nitrogen and oxygen atoms in total. The Bertz CT molecular complexity index is 1210. The van der Waals surface area contributed by atoms with E-state index in [4.69, 9.17) is 14.7 Å². The normalized spacial score (nSPS) is 18.1. The van der Waals surface area contributed by atoms with Crippen molar-refractivity contribution in [1.82, 2.24) is 30.1 Å². The van der Waals surface area contributed by atoms with E-state index in [9.17, 15) is 4.79 Å². The molecular weight excluding hydrogens is 474 g/mol. The summed E-state index contributed by atoms with van der Waals surface area (Å²) >= 11 is 1.79. The van der Waals surface area contributed by atoms with E-state index in [0.29, 0.717) is 19.0 Å². The number of piperazine rings is 1. The molecule has 0 aliphatic carbocycles. The molecule has 2 saturated heterocycles. The fourth-order valence-corrected chi connectivity index (χ4v) is 6.05. The van der Waals surface area contributed by atoms with Gasteiger partial charge in [-0.1, -0.05) is 0 Å². The van der Waals surface area contributed by atoms with Gasteiger partial charge in [-0.15, -0.1) is 11.3 Å². The van der Waals surface area contributed by atoms with E-state index in [1.807, 2.05) is 39.1 Å². The third kappa shape index (κ3) is 5.08. The second-order valence-corrected chi connectivity index (χ2v) is 11.1. The highest BCUT2D eigenvalue weighted by atomic mass is 32.1. The molecule has 2 aliphatic heterocycles. The number of amides is 1. The molecule has 2 aliphatic rings. The van der Waals surface area contributed by atoms with Gasteiger partial charge in [0.15, 0.2) is 11.6 Å². The van der Waals surface area contributed by atoms with Gasteiger partial charge in [0.1, 0.15) is 0 Å². The van der Waals surface area contributed by atoms with Gasteiger partial charge >= 0.3 is 0 Å². The number of thiophene rings is 1. The van der Waals surface area contributed by atoms with E-state index in [-0.39, 0.29) is 5.91 Å². The summed E-state index contributed by atoms with van der Waals surface area (Å²) in [5, 5.41) is 2.80. The van der Waals surface area contributed by atoms with Crippen LogP contribution in [0.1, 0.15) is 24.4 Å². The van der Waals surface area contributed by atoms with Crippen molar-refractivity contribution in [1.29, 1.82) is 0 Å². The fourth-order valence-electron chi connectivity index (χ4n) is 4.90. The Morgan fingerprint density at radius 2 is 1.86 bits per heavy atom. The van der Waals surface area contributed by atoms with Crippen LogP contribution in [0.25, 0.3) is 21.6 Å². The summed E-state index contributed by atoms with van der Waals surface area (Å²) in [5.41, 5.74) is 2.40. The zero-order valence-corrected chi connectivity index (χ0v) is 22.4. The number of hydrogen-bond donors (Lipinski definition) is 1. The van der Waals surface area contributed by atoms with Crippen LogP contribution in [0.5, 0.6) is 0 Å². The summed E-state index contributed by atoms with van der Waals surface area (Å²) in [6.07, 6.45) is 1.85. The van der Waals surface area contributed by atoms with Gasteiger partial charge in [0.05, 0.1) is 29.0 Å². The summed E-state index contributed by atoms with van der Waals surface area (Å²) in [5.74, 6) is 1.77. The highest BCUT2D eigenvalue weighted by molar-refractivity contribution is 7.19. The first kappa shape index (κ1) is 25.0. The maximum absolute atomic E-state index is 12.3. The lowest BCUT2D eigenvalue weighted by Crippen LogP contribution is -2.59. The molecule has 10 heteroatoms. The highest BCUT2D eigenvalue weighted by Gasteiger charge is 2.35. The molecule has 0 unspecified atom stereocenters. The first-order chi connectivity index (χ1) is 17.3. The second kappa shape index (κ2) is 10.4. The smallest absolute Gasteiger partial charge is 0.239 e. The second-order valence-electron chi connectivity index (χ2n) is 9.99. The van der Waals surface area contributed by atoms with E-state index in [2.05, 4.69) is 31.1 Å². The Hall–Kier alpha value is -2.66. The molecule has 3 aromatic heterocycles. The lowest BCUT2D eigenvalue weighted by Gasteiger charge is -2.42. The molecule has 0 spiro atoms. The molecule has 0 radical (unpaired) electrons. The Morgan fingerprint density at radius 1 is 1.11 bits per heavy atom. The number of fused-ring (bicyclic) bond motifs is 1. The van der Waals surface area contributed by atoms with Crippen molar-refractivity contribution in [2.45, 2.75) is 32.9 Å². The van der Waals surface area contributed by atoms with Crippen molar-refractivity contribution >= 4 is 33.3 Å². The number of ether oxygens (including phenoxy) is 1. The maximum Gasteiger partial charge on any atom is 0.239 e.